The van der Waals surface area contributed by atoms with E-state index in [1.165, 1.54) is 16.0 Å². The molecule has 2 atom stereocenters. The second-order valence-corrected chi connectivity index (χ2v) is 8.07. The predicted octanol–water partition coefficient (Wildman–Crippen LogP) is 5.03. The highest BCUT2D eigenvalue weighted by Gasteiger charge is 2.23. The number of rotatable bonds is 10. The van der Waals surface area contributed by atoms with Crippen LogP contribution >= 0.6 is 11.8 Å². The summed E-state index contributed by atoms with van der Waals surface area (Å²) in [5, 5.41) is 3.65. The fourth-order valence-corrected chi connectivity index (χ4v) is 4.23. The van der Waals surface area contributed by atoms with Crippen LogP contribution in [0.1, 0.15) is 29.7 Å². The summed E-state index contributed by atoms with van der Waals surface area (Å²) >= 11 is 1.78. The van der Waals surface area contributed by atoms with Crippen LogP contribution in [0.15, 0.2) is 53.4 Å². The number of carbonyl (C=O) groups is 1. The monoisotopic (exact) mass is 370 g/mol. The fourth-order valence-electron chi connectivity index (χ4n) is 2.81. The van der Waals surface area contributed by atoms with Crippen LogP contribution in [0.2, 0.25) is 0 Å². The summed E-state index contributed by atoms with van der Waals surface area (Å²) in [6.45, 7) is 6.05. The Balaban J connectivity index is 2.25. The topological polar surface area (TPSA) is 32.3 Å². The van der Waals surface area contributed by atoms with E-state index in [1.807, 2.05) is 0 Å². The average Bonchev–Trinajstić information content (AvgIpc) is 2.63. The number of aldehydes is 1. The largest absolute Gasteiger partial charge is 0.383 e. The fraction of sp³-hybridized carbons (Fsp3) is 0.409. The van der Waals surface area contributed by atoms with E-state index in [-0.39, 0.29) is 11.2 Å². The Hall–Kier alpha value is -1.78. The molecule has 0 saturated carbocycles. The molecule has 140 valence electrons. The van der Waals surface area contributed by atoms with Gasteiger partial charge < -0.3 is 15.0 Å². The number of likely N-dealkylation sites (N-methyl/N-ethyl adjacent to an activating group) is 1. The maximum Gasteiger partial charge on any atom is 0.124 e. The number of thioether (sulfide) groups is 1. The van der Waals surface area contributed by atoms with Crippen molar-refractivity contribution in [3.63, 3.8) is 0 Å². The van der Waals surface area contributed by atoms with Crippen molar-refractivity contribution in [3.8, 4) is 0 Å². The van der Waals surface area contributed by atoms with E-state index in [4.69, 9.17) is 0 Å². The first-order chi connectivity index (χ1) is 12.5. The van der Waals surface area contributed by atoms with Gasteiger partial charge in [-0.2, -0.15) is 0 Å². The van der Waals surface area contributed by atoms with E-state index < -0.39 is 0 Å². The molecule has 0 amide bonds. The number of nitrogens with zero attached hydrogens (tertiary/aromatic N) is 1. The summed E-state index contributed by atoms with van der Waals surface area (Å²) in [6.07, 6.45) is 1.95. The van der Waals surface area contributed by atoms with Gasteiger partial charge in [0.15, 0.2) is 0 Å². The van der Waals surface area contributed by atoms with Gasteiger partial charge in [0.1, 0.15) is 6.29 Å². The van der Waals surface area contributed by atoms with Crippen molar-refractivity contribution in [2.45, 2.75) is 30.4 Å². The zero-order chi connectivity index (χ0) is 18.9. The van der Waals surface area contributed by atoms with E-state index in [1.54, 1.807) is 11.8 Å². The molecule has 26 heavy (non-hydrogen) atoms. The molecule has 0 aliphatic rings. The van der Waals surface area contributed by atoms with Gasteiger partial charge in [0, 0.05) is 34.8 Å². The summed E-state index contributed by atoms with van der Waals surface area (Å²) in [5.74, 6) is -0.00228. The number of carbonyl (C=O) groups excluding carboxylic acids is 1. The molecule has 3 nitrogen and oxygen atoms in total. The molecule has 0 heterocycles. The van der Waals surface area contributed by atoms with Gasteiger partial charge in [-0.1, -0.05) is 48.9 Å². The third-order valence-electron chi connectivity index (χ3n) is 4.46. The number of hydrogen-bond acceptors (Lipinski definition) is 4. The molecule has 0 saturated heterocycles. The standard InChI is InChI=1S/C22H30N2OS/c1-5-18(16-25)22(19-12-10-17(2)11-13-19)26-21-9-7-6-8-20(21)23-14-15-24(3)4/h6-13,16,18,22-23H,5,14-15H2,1-4H3. The lowest BCUT2D eigenvalue weighted by atomic mass is 9.97. The lowest BCUT2D eigenvalue weighted by Crippen LogP contribution is -2.21. The lowest BCUT2D eigenvalue weighted by molar-refractivity contribution is -0.111. The van der Waals surface area contributed by atoms with Crippen LogP contribution in [-0.2, 0) is 4.79 Å². The molecule has 0 aromatic heterocycles. The van der Waals surface area contributed by atoms with Gasteiger partial charge in [-0.15, -0.1) is 11.8 Å². The molecule has 0 aliphatic heterocycles. The zero-order valence-corrected chi connectivity index (χ0v) is 17.1. The van der Waals surface area contributed by atoms with Crippen molar-refractivity contribution in [1.82, 2.24) is 4.90 Å². The maximum absolute atomic E-state index is 11.7. The minimum atomic E-state index is -0.00228. The van der Waals surface area contributed by atoms with Crippen LogP contribution < -0.4 is 5.32 Å². The Morgan fingerprint density at radius 1 is 1.12 bits per heavy atom. The van der Waals surface area contributed by atoms with Gasteiger partial charge in [-0.05, 0) is 45.1 Å². The van der Waals surface area contributed by atoms with Crippen molar-refractivity contribution in [1.29, 1.82) is 0 Å². The Morgan fingerprint density at radius 2 is 1.81 bits per heavy atom. The zero-order valence-electron chi connectivity index (χ0n) is 16.2. The van der Waals surface area contributed by atoms with Gasteiger partial charge >= 0.3 is 0 Å². The molecule has 0 radical (unpaired) electrons. The van der Waals surface area contributed by atoms with E-state index in [9.17, 15) is 4.79 Å². The Labute approximate surface area is 162 Å². The molecule has 2 rings (SSSR count). The summed E-state index contributed by atoms with van der Waals surface area (Å²) in [4.78, 5) is 15.1. The average molecular weight is 371 g/mol. The minimum Gasteiger partial charge on any atom is -0.383 e. The van der Waals surface area contributed by atoms with Crippen LogP contribution in [0.4, 0.5) is 5.69 Å². The molecular weight excluding hydrogens is 340 g/mol. The van der Waals surface area contributed by atoms with E-state index in [0.717, 1.165) is 31.5 Å². The summed E-state index contributed by atoms with van der Waals surface area (Å²) < 4.78 is 0. The first-order valence-electron chi connectivity index (χ1n) is 9.21. The summed E-state index contributed by atoms with van der Waals surface area (Å²) in [7, 11) is 4.15. The number of hydrogen-bond donors (Lipinski definition) is 1. The smallest absolute Gasteiger partial charge is 0.124 e. The highest BCUT2D eigenvalue weighted by Crippen LogP contribution is 2.43. The molecule has 4 heteroatoms. The van der Waals surface area contributed by atoms with E-state index >= 15 is 0 Å². The highest BCUT2D eigenvalue weighted by atomic mass is 32.2. The lowest BCUT2D eigenvalue weighted by Gasteiger charge is -2.24. The van der Waals surface area contributed by atoms with Crippen molar-refractivity contribution in [3.05, 3.63) is 59.7 Å². The maximum atomic E-state index is 11.7. The SMILES string of the molecule is CCC(C=O)C(Sc1ccccc1NCCN(C)C)c1ccc(C)cc1. The minimum absolute atomic E-state index is 0.00228. The third-order valence-corrected chi connectivity index (χ3v) is 5.94. The molecule has 2 aromatic carbocycles. The van der Waals surface area contributed by atoms with Crippen molar-refractivity contribution in [2.75, 3.05) is 32.5 Å². The molecule has 0 bridgehead atoms. The number of para-hydroxylation sites is 1. The second-order valence-electron chi connectivity index (χ2n) is 6.88. The molecule has 2 aromatic rings. The first kappa shape index (κ1) is 20.5. The number of aryl methyl sites for hydroxylation is 1. The van der Waals surface area contributed by atoms with Gasteiger partial charge in [0.2, 0.25) is 0 Å². The Kier molecular flexibility index (Phi) is 8.20. The van der Waals surface area contributed by atoms with E-state index in [0.29, 0.717) is 0 Å². The summed E-state index contributed by atoms with van der Waals surface area (Å²) in [5.41, 5.74) is 3.59. The quantitative estimate of drug-likeness (QED) is 0.470. The molecule has 2 unspecified atom stereocenters. The summed E-state index contributed by atoms with van der Waals surface area (Å²) in [6, 6.07) is 16.9. The number of nitrogens with one attached hydrogen (secondary N) is 1. The van der Waals surface area contributed by atoms with Gasteiger partial charge in [0.25, 0.3) is 0 Å². The van der Waals surface area contributed by atoms with Gasteiger partial charge in [-0.3, -0.25) is 0 Å². The van der Waals surface area contributed by atoms with Gasteiger partial charge in [0.05, 0.1) is 0 Å². The van der Waals surface area contributed by atoms with E-state index in [2.05, 4.69) is 86.7 Å². The van der Waals surface area contributed by atoms with Gasteiger partial charge in [-0.25, -0.2) is 0 Å². The van der Waals surface area contributed by atoms with Crippen LogP contribution in [0.5, 0.6) is 0 Å². The van der Waals surface area contributed by atoms with Crippen LogP contribution in [0.25, 0.3) is 0 Å². The molecular formula is C22H30N2OS. The molecule has 0 spiro atoms. The van der Waals surface area contributed by atoms with Crippen molar-refractivity contribution in [2.24, 2.45) is 5.92 Å². The van der Waals surface area contributed by atoms with Crippen LogP contribution in [0, 0.1) is 12.8 Å². The van der Waals surface area contributed by atoms with Crippen molar-refractivity contribution < 1.29 is 4.79 Å². The third kappa shape index (κ3) is 5.89. The Morgan fingerprint density at radius 3 is 2.42 bits per heavy atom. The normalized spacial score (nSPS) is 13.4. The highest BCUT2D eigenvalue weighted by molar-refractivity contribution is 7.99. The number of benzene rings is 2. The van der Waals surface area contributed by atoms with Crippen LogP contribution in [0.3, 0.4) is 0 Å². The first-order valence-corrected chi connectivity index (χ1v) is 10.1. The molecule has 0 fully saturated rings. The predicted molar refractivity (Wildman–Crippen MR) is 113 cm³/mol. The Bertz CT molecular complexity index is 685. The number of anilines is 1. The second kappa shape index (κ2) is 10.4. The molecule has 0 aliphatic carbocycles. The van der Waals surface area contributed by atoms with Crippen LogP contribution in [-0.4, -0.2) is 38.4 Å². The van der Waals surface area contributed by atoms with Crippen molar-refractivity contribution >= 4 is 23.7 Å². The molecule has 1 N–H and O–H groups in total.